The molecule has 0 aliphatic heterocycles. The maximum atomic E-state index is 7.00. The van der Waals surface area contributed by atoms with Crippen molar-refractivity contribution in [2.45, 2.75) is 41.0 Å². The lowest BCUT2D eigenvalue weighted by Gasteiger charge is -2.07. The van der Waals surface area contributed by atoms with Gasteiger partial charge in [-0.15, -0.1) is 11.3 Å². The quantitative estimate of drug-likeness (QED) is 0.380. The molecule has 0 spiro atoms. The molecule has 1 aromatic carbocycles. The van der Waals surface area contributed by atoms with Crippen molar-refractivity contribution in [1.29, 1.82) is 0 Å². The first kappa shape index (κ1) is 27.9. The molecule has 0 aliphatic carbocycles. The van der Waals surface area contributed by atoms with E-state index in [0.717, 1.165) is 47.1 Å². The number of nitrogens with one attached hydrogen (secondary N) is 1. The number of benzene rings is 1. The second-order valence-electron chi connectivity index (χ2n) is 6.72. The maximum Gasteiger partial charge on any atom is 0.189 e. The number of aliphatic hydroxyl groups is 1. The number of amidine groups is 1. The molecular weight excluding hydrogens is 414 g/mol. The number of aliphatic hydroxyl groups excluding tert-OH is 1. The van der Waals surface area contributed by atoms with E-state index < -0.39 is 0 Å². The molecule has 0 saturated heterocycles. The number of aromatic nitrogens is 1. The molecular formula is C23H35N3O2S2. The molecule has 30 heavy (non-hydrogen) atoms. The number of ether oxygens (including phenoxy) is 1. The van der Waals surface area contributed by atoms with Crippen molar-refractivity contribution in [3.63, 3.8) is 0 Å². The van der Waals surface area contributed by atoms with Gasteiger partial charge in [-0.05, 0) is 50.8 Å². The first-order valence-electron chi connectivity index (χ1n) is 9.74. The van der Waals surface area contributed by atoms with Gasteiger partial charge in [0.2, 0.25) is 0 Å². The van der Waals surface area contributed by atoms with Gasteiger partial charge >= 0.3 is 0 Å². The summed E-state index contributed by atoms with van der Waals surface area (Å²) in [5.41, 5.74) is 2.95. The highest BCUT2D eigenvalue weighted by Gasteiger charge is 2.16. The van der Waals surface area contributed by atoms with Crippen molar-refractivity contribution in [2.75, 3.05) is 19.0 Å². The third-order valence-electron chi connectivity index (χ3n) is 3.69. The molecule has 5 nitrogen and oxygen atoms in total. The maximum absolute atomic E-state index is 7.00. The fourth-order valence-corrected chi connectivity index (χ4v) is 3.73. The van der Waals surface area contributed by atoms with E-state index in [9.17, 15) is 0 Å². The van der Waals surface area contributed by atoms with Crippen molar-refractivity contribution >= 4 is 35.8 Å². The van der Waals surface area contributed by atoms with Crippen LogP contribution in [0, 0.1) is 5.92 Å². The highest BCUT2D eigenvalue weighted by Crippen LogP contribution is 2.34. The van der Waals surface area contributed by atoms with Gasteiger partial charge in [0.15, 0.2) is 5.13 Å². The van der Waals surface area contributed by atoms with Crippen LogP contribution in [0.5, 0.6) is 5.75 Å². The summed E-state index contributed by atoms with van der Waals surface area (Å²) < 4.78 is 5.66. The SMILES string of the molecule is C=C(C)C(=N/C=C\C)Nc1nc(-c2cccc(OCC)c2)c(CC(C)C)s1.CO.S. The van der Waals surface area contributed by atoms with Crippen LogP contribution >= 0.6 is 24.8 Å². The molecule has 166 valence electrons. The Morgan fingerprint density at radius 2 is 2.07 bits per heavy atom. The van der Waals surface area contributed by atoms with E-state index in [0.29, 0.717) is 12.5 Å². The lowest BCUT2D eigenvalue weighted by molar-refractivity contribution is 0.340. The molecule has 2 rings (SSSR count). The molecule has 2 aromatic rings. The lowest BCUT2D eigenvalue weighted by Crippen LogP contribution is -2.12. The van der Waals surface area contributed by atoms with E-state index in [-0.39, 0.29) is 13.5 Å². The van der Waals surface area contributed by atoms with E-state index >= 15 is 0 Å². The standard InChI is InChI=1S/C22H29N3OS.CH4O.H2S/c1-7-12-23-21(16(5)6)25-22-24-20(19(27-22)13-15(3)4)17-10-9-11-18(14-17)26-8-2;1-2;/h7,9-12,14-15H,5,8,13H2,1-4,6H3,(H,23,24,25);2H,1H3;1H2/b12-7-;;. The minimum atomic E-state index is 0. The predicted octanol–water partition coefficient (Wildman–Crippen LogP) is 6.05. The summed E-state index contributed by atoms with van der Waals surface area (Å²) in [7, 11) is 1.00. The third-order valence-corrected chi connectivity index (χ3v) is 4.68. The number of hydrogen-bond donors (Lipinski definition) is 2. The molecule has 0 bridgehead atoms. The van der Waals surface area contributed by atoms with Crippen LogP contribution in [0.1, 0.15) is 39.5 Å². The Kier molecular flexibility index (Phi) is 13.8. The molecule has 0 atom stereocenters. The van der Waals surface area contributed by atoms with E-state index in [2.05, 4.69) is 42.9 Å². The Hall–Kier alpha value is -2.09. The lowest BCUT2D eigenvalue weighted by atomic mass is 10.0. The van der Waals surface area contributed by atoms with Crippen LogP contribution in [0.25, 0.3) is 11.3 Å². The number of allylic oxidation sites excluding steroid dienone is 1. The van der Waals surface area contributed by atoms with Crippen LogP contribution < -0.4 is 10.1 Å². The summed E-state index contributed by atoms with van der Waals surface area (Å²) in [6.07, 6.45) is 4.62. The van der Waals surface area contributed by atoms with E-state index in [1.807, 2.05) is 39.0 Å². The Morgan fingerprint density at radius 1 is 1.37 bits per heavy atom. The van der Waals surface area contributed by atoms with Crippen LogP contribution in [0.3, 0.4) is 0 Å². The zero-order valence-electron chi connectivity index (χ0n) is 18.8. The molecule has 0 radical (unpaired) electrons. The zero-order chi connectivity index (χ0) is 21.8. The van der Waals surface area contributed by atoms with Gasteiger partial charge in [0, 0.05) is 23.8 Å². The number of anilines is 1. The molecule has 1 aromatic heterocycles. The van der Waals surface area contributed by atoms with Crippen LogP contribution in [0.4, 0.5) is 5.13 Å². The molecule has 0 unspecified atom stereocenters. The van der Waals surface area contributed by atoms with Crippen molar-refractivity contribution in [1.82, 2.24) is 4.98 Å². The zero-order valence-corrected chi connectivity index (χ0v) is 20.6. The highest BCUT2D eigenvalue weighted by molar-refractivity contribution is 7.59. The number of thiazole rings is 1. The summed E-state index contributed by atoms with van der Waals surface area (Å²) in [4.78, 5) is 10.5. The second-order valence-corrected chi connectivity index (χ2v) is 7.80. The summed E-state index contributed by atoms with van der Waals surface area (Å²) in [6, 6.07) is 8.13. The van der Waals surface area contributed by atoms with E-state index in [4.69, 9.17) is 14.8 Å². The average Bonchev–Trinajstić information content (AvgIpc) is 3.08. The minimum absolute atomic E-state index is 0. The smallest absolute Gasteiger partial charge is 0.189 e. The first-order valence-corrected chi connectivity index (χ1v) is 10.6. The molecule has 0 amide bonds. The van der Waals surface area contributed by atoms with E-state index in [1.54, 1.807) is 17.5 Å². The van der Waals surface area contributed by atoms with Gasteiger partial charge in [0.05, 0.1) is 12.3 Å². The number of rotatable bonds is 8. The third kappa shape index (κ3) is 8.73. The molecule has 0 aliphatic rings. The topological polar surface area (TPSA) is 66.7 Å². The number of nitrogens with zero attached hydrogens (tertiary/aromatic N) is 2. The fraction of sp³-hybridized carbons (Fsp3) is 0.391. The van der Waals surface area contributed by atoms with Crippen LogP contribution in [-0.2, 0) is 6.42 Å². The monoisotopic (exact) mass is 449 g/mol. The second kappa shape index (κ2) is 14.8. The Labute approximate surface area is 192 Å². The van der Waals surface area contributed by atoms with Crippen LogP contribution in [0.15, 0.2) is 53.7 Å². The molecule has 2 N–H and O–H groups in total. The van der Waals surface area contributed by atoms with Crippen LogP contribution in [0.2, 0.25) is 0 Å². The summed E-state index contributed by atoms with van der Waals surface area (Å²) in [5.74, 6) is 2.14. The van der Waals surface area contributed by atoms with E-state index in [1.165, 1.54) is 4.88 Å². The number of hydrogen-bond acceptors (Lipinski definition) is 5. The molecule has 1 heterocycles. The normalized spacial score (nSPS) is 11.0. The van der Waals surface area contributed by atoms with Crippen LogP contribution in [-0.4, -0.2) is 29.6 Å². The predicted molar refractivity (Wildman–Crippen MR) is 136 cm³/mol. The summed E-state index contributed by atoms with van der Waals surface area (Å²) in [6.45, 7) is 15.0. The molecule has 0 fully saturated rings. The number of aliphatic imine (C=N–C) groups is 1. The fourth-order valence-electron chi connectivity index (χ4n) is 2.54. The Morgan fingerprint density at radius 3 is 2.63 bits per heavy atom. The van der Waals surface area contributed by atoms with Gasteiger partial charge in [0.1, 0.15) is 11.6 Å². The Bertz CT molecular complexity index is 843. The average molecular weight is 450 g/mol. The van der Waals surface area contributed by atoms with Crippen molar-refractivity contribution in [3.05, 3.63) is 53.6 Å². The van der Waals surface area contributed by atoms with Gasteiger partial charge in [-0.2, -0.15) is 13.5 Å². The van der Waals surface area contributed by atoms with Crippen molar-refractivity contribution < 1.29 is 9.84 Å². The first-order chi connectivity index (χ1) is 13.9. The molecule has 7 heteroatoms. The van der Waals surface area contributed by atoms with Gasteiger partial charge in [0.25, 0.3) is 0 Å². The van der Waals surface area contributed by atoms with Gasteiger partial charge in [-0.25, -0.2) is 9.98 Å². The highest BCUT2D eigenvalue weighted by atomic mass is 32.1. The Balaban J connectivity index is 0.00000272. The summed E-state index contributed by atoms with van der Waals surface area (Å²) >= 11 is 1.67. The molecule has 0 saturated carbocycles. The van der Waals surface area contributed by atoms with Gasteiger partial charge < -0.3 is 15.2 Å². The minimum Gasteiger partial charge on any atom is -0.494 e. The summed E-state index contributed by atoms with van der Waals surface area (Å²) in [5, 5.41) is 11.2. The largest absolute Gasteiger partial charge is 0.494 e. The van der Waals surface area contributed by atoms with Crippen molar-refractivity contribution in [3.8, 4) is 17.0 Å². The van der Waals surface area contributed by atoms with Crippen molar-refractivity contribution in [2.24, 2.45) is 10.9 Å². The van der Waals surface area contributed by atoms with Gasteiger partial charge in [-0.1, -0.05) is 38.6 Å². The van der Waals surface area contributed by atoms with Gasteiger partial charge in [-0.3, -0.25) is 0 Å².